The van der Waals surface area contributed by atoms with Crippen LogP contribution in [0.1, 0.15) is 23.5 Å². The quantitative estimate of drug-likeness (QED) is 0.713. The summed E-state index contributed by atoms with van der Waals surface area (Å²) in [5.74, 6) is 1.62. The Morgan fingerprint density at radius 2 is 2.29 bits per heavy atom. The molecular formula is C12H13NO. The van der Waals surface area contributed by atoms with Crippen LogP contribution in [0, 0.1) is 24.2 Å². The molecule has 2 atom stereocenters. The van der Waals surface area contributed by atoms with Gasteiger partial charge in [0.05, 0.1) is 19.1 Å². The maximum Gasteiger partial charge on any atom is 0.121 e. The summed E-state index contributed by atoms with van der Waals surface area (Å²) in [4.78, 5) is 0. The summed E-state index contributed by atoms with van der Waals surface area (Å²) in [6.45, 7) is 2.03. The molecule has 2 nitrogen and oxygen atoms in total. The number of rotatable bonds is 2. The minimum atomic E-state index is 0.239. The van der Waals surface area contributed by atoms with Gasteiger partial charge in [0.15, 0.2) is 0 Å². The third-order valence-electron chi connectivity index (χ3n) is 2.80. The van der Waals surface area contributed by atoms with E-state index in [9.17, 15) is 0 Å². The predicted molar refractivity (Wildman–Crippen MR) is 54.2 cm³/mol. The summed E-state index contributed by atoms with van der Waals surface area (Å²) in [5, 5.41) is 8.73. The van der Waals surface area contributed by atoms with Gasteiger partial charge in [-0.2, -0.15) is 5.26 Å². The summed E-state index contributed by atoms with van der Waals surface area (Å²) in [6.07, 6.45) is 1.02. The summed E-state index contributed by atoms with van der Waals surface area (Å²) < 4.78 is 5.19. The monoisotopic (exact) mass is 187 g/mol. The Bertz CT molecular complexity index is 392. The molecule has 1 aromatic carbocycles. The van der Waals surface area contributed by atoms with Crippen molar-refractivity contribution in [1.82, 2.24) is 0 Å². The first-order valence-electron chi connectivity index (χ1n) is 4.80. The Balaban J connectivity index is 2.22. The molecule has 0 radical (unpaired) electrons. The summed E-state index contributed by atoms with van der Waals surface area (Å²) in [7, 11) is 1.68. The number of ether oxygens (including phenoxy) is 1. The SMILES string of the molecule is COc1ccc(C2CC2C#N)cc1C. The largest absolute Gasteiger partial charge is 0.496 e. The van der Waals surface area contributed by atoms with E-state index in [0.29, 0.717) is 5.92 Å². The van der Waals surface area contributed by atoms with Crippen LogP contribution in [0.2, 0.25) is 0 Å². The number of aryl methyl sites for hydroxylation is 1. The molecule has 14 heavy (non-hydrogen) atoms. The zero-order chi connectivity index (χ0) is 10.1. The third-order valence-corrected chi connectivity index (χ3v) is 2.80. The van der Waals surface area contributed by atoms with Gasteiger partial charge in [-0.25, -0.2) is 0 Å². The zero-order valence-corrected chi connectivity index (χ0v) is 8.45. The number of nitriles is 1. The number of benzene rings is 1. The lowest BCUT2D eigenvalue weighted by atomic mass is 10.1. The summed E-state index contributed by atoms with van der Waals surface area (Å²) in [5.41, 5.74) is 2.42. The molecule has 0 saturated heterocycles. The van der Waals surface area contributed by atoms with Crippen molar-refractivity contribution in [2.45, 2.75) is 19.3 Å². The normalized spacial score (nSPS) is 24.1. The standard InChI is InChI=1S/C12H13NO/c1-8-5-9(3-4-12(8)14-2)11-6-10(11)7-13/h3-5,10-11H,6H2,1-2H3. The van der Waals surface area contributed by atoms with Gasteiger partial charge in [-0.05, 0) is 30.5 Å². The van der Waals surface area contributed by atoms with Gasteiger partial charge in [0, 0.05) is 5.92 Å². The molecule has 0 bridgehead atoms. The van der Waals surface area contributed by atoms with Crippen LogP contribution in [0.5, 0.6) is 5.75 Å². The van der Waals surface area contributed by atoms with Crippen LogP contribution in [-0.4, -0.2) is 7.11 Å². The van der Waals surface area contributed by atoms with E-state index in [4.69, 9.17) is 10.00 Å². The van der Waals surface area contributed by atoms with Crippen molar-refractivity contribution < 1.29 is 4.74 Å². The first kappa shape index (κ1) is 9.08. The lowest BCUT2D eigenvalue weighted by Crippen LogP contribution is -1.89. The van der Waals surface area contributed by atoms with Crippen molar-refractivity contribution in [1.29, 1.82) is 5.26 Å². The van der Waals surface area contributed by atoms with Crippen LogP contribution >= 0.6 is 0 Å². The molecule has 2 rings (SSSR count). The van der Waals surface area contributed by atoms with E-state index in [1.54, 1.807) is 7.11 Å². The van der Waals surface area contributed by atoms with E-state index >= 15 is 0 Å². The van der Waals surface area contributed by atoms with Crippen molar-refractivity contribution in [3.05, 3.63) is 29.3 Å². The highest BCUT2D eigenvalue weighted by molar-refractivity contribution is 5.40. The molecule has 1 fully saturated rings. The highest BCUT2D eigenvalue weighted by atomic mass is 16.5. The van der Waals surface area contributed by atoms with Crippen LogP contribution < -0.4 is 4.74 Å². The molecule has 0 N–H and O–H groups in total. The van der Waals surface area contributed by atoms with Crippen molar-refractivity contribution in [3.8, 4) is 11.8 Å². The van der Waals surface area contributed by atoms with Gasteiger partial charge >= 0.3 is 0 Å². The highest BCUT2D eigenvalue weighted by Crippen LogP contribution is 2.47. The smallest absolute Gasteiger partial charge is 0.121 e. The molecule has 0 aliphatic heterocycles. The molecule has 0 amide bonds. The van der Waals surface area contributed by atoms with Gasteiger partial charge < -0.3 is 4.74 Å². The molecular weight excluding hydrogens is 174 g/mol. The van der Waals surface area contributed by atoms with Crippen LogP contribution in [-0.2, 0) is 0 Å². The van der Waals surface area contributed by atoms with Crippen LogP contribution in [0.4, 0.5) is 0 Å². The van der Waals surface area contributed by atoms with Gasteiger partial charge in [-0.3, -0.25) is 0 Å². The molecule has 0 aromatic heterocycles. The zero-order valence-electron chi connectivity index (χ0n) is 8.45. The number of methoxy groups -OCH3 is 1. The van der Waals surface area contributed by atoms with E-state index in [1.165, 1.54) is 5.56 Å². The van der Waals surface area contributed by atoms with Crippen LogP contribution in [0.3, 0.4) is 0 Å². The Hall–Kier alpha value is -1.49. The predicted octanol–water partition coefficient (Wildman–Crippen LogP) is 2.63. The van der Waals surface area contributed by atoms with Crippen LogP contribution in [0.15, 0.2) is 18.2 Å². The van der Waals surface area contributed by atoms with Gasteiger partial charge in [0.25, 0.3) is 0 Å². The van der Waals surface area contributed by atoms with E-state index in [2.05, 4.69) is 18.2 Å². The topological polar surface area (TPSA) is 33.0 Å². The second kappa shape index (κ2) is 3.34. The van der Waals surface area contributed by atoms with Crippen LogP contribution in [0.25, 0.3) is 0 Å². The molecule has 2 unspecified atom stereocenters. The van der Waals surface area contributed by atoms with Crippen molar-refractivity contribution in [2.24, 2.45) is 5.92 Å². The highest BCUT2D eigenvalue weighted by Gasteiger charge is 2.38. The summed E-state index contributed by atoms with van der Waals surface area (Å²) >= 11 is 0. The van der Waals surface area contributed by atoms with Gasteiger partial charge in [0.2, 0.25) is 0 Å². The molecule has 2 heteroatoms. The maximum atomic E-state index is 8.73. The Morgan fingerprint density at radius 1 is 1.50 bits per heavy atom. The number of hydrogen-bond donors (Lipinski definition) is 0. The van der Waals surface area contributed by atoms with E-state index < -0.39 is 0 Å². The van der Waals surface area contributed by atoms with Crippen molar-refractivity contribution >= 4 is 0 Å². The fraction of sp³-hybridized carbons (Fsp3) is 0.417. The lowest BCUT2D eigenvalue weighted by Gasteiger charge is -2.06. The number of nitrogens with zero attached hydrogens (tertiary/aromatic N) is 1. The molecule has 0 heterocycles. The Kier molecular flexibility index (Phi) is 2.17. The lowest BCUT2D eigenvalue weighted by molar-refractivity contribution is 0.411. The molecule has 1 saturated carbocycles. The van der Waals surface area contributed by atoms with E-state index in [-0.39, 0.29) is 5.92 Å². The Labute approximate surface area is 84.1 Å². The average molecular weight is 187 g/mol. The molecule has 1 aromatic rings. The maximum absolute atomic E-state index is 8.73. The fourth-order valence-electron chi connectivity index (χ4n) is 1.84. The first-order chi connectivity index (χ1) is 6.76. The van der Waals surface area contributed by atoms with Crippen molar-refractivity contribution in [2.75, 3.05) is 7.11 Å². The molecule has 0 spiro atoms. The minimum Gasteiger partial charge on any atom is -0.496 e. The number of hydrogen-bond acceptors (Lipinski definition) is 2. The van der Waals surface area contributed by atoms with Crippen molar-refractivity contribution in [3.63, 3.8) is 0 Å². The second-order valence-corrected chi connectivity index (χ2v) is 3.81. The minimum absolute atomic E-state index is 0.239. The van der Waals surface area contributed by atoms with E-state index in [0.717, 1.165) is 17.7 Å². The van der Waals surface area contributed by atoms with Gasteiger partial charge in [0.1, 0.15) is 5.75 Å². The Morgan fingerprint density at radius 3 is 2.79 bits per heavy atom. The fourth-order valence-corrected chi connectivity index (χ4v) is 1.84. The third kappa shape index (κ3) is 1.46. The molecule has 1 aliphatic carbocycles. The van der Waals surface area contributed by atoms with Gasteiger partial charge in [-0.15, -0.1) is 0 Å². The van der Waals surface area contributed by atoms with Gasteiger partial charge in [-0.1, -0.05) is 12.1 Å². The summed E-state index contributed by atoms with van der Waals surface area (Å²) in [6, 6.07) is 8.48. The van der Waals surface area contributed by atoms with E-state index in [1.807, 2.05) is 13.0 Å². The first-order valence-corrected chi connectivity index (χ1v) is 4.80. The average Bonchev–Trinajstić information content (AvgIpc) is 2.96. The molecule has 72 valence electrons. The second-order valence-electron chi connectivity index (χ2n) is 3.81. The molecule has 1 aliphatic rings.